The van der Waals surface area contributed by atoms with Gasteiger partial charge in [-0.3, -0.25) is 10.1 Å². The lowest BCUT2D eigenvalue weighted by Crippen LogP contribution is -2.64. The Morgan fingerprint density at radius 2 is 1.48 bits per heavy atom. The predicted molar refractivity (Wildman–Crippen MR) is 110 cm³/mol. The van der Waals surface area contributed by atoms with Crippen LogP contribution in [0.4, 0.5) is 5.69 Å². The van der Waals surface area contributed by atoms with Gasteiger partial charge in [-0.1, -0.05) is 78.0 Å². The van der Waals surface area contributed by atoms with Crippen molar-refractivity contribution in [3.8, 4) is 0 Å². The molecule has 1 saturated heterocycles. The fourth-order valence-corrected chi connectivity index (χ4v) is 5.08. The Labute approximate surface area is 166 Å². The Hall–Kier alpha value is -2.50. The van der Waals surface area contributed by atoms with Crippen molar-refractivity contribution in [2.75, 3.05) is 4.90 Å². The maximum atomic E-state index is 12.0. The van der Waals surface area contributed by atoms with E-state index in [0.717, 1.165) is 16.1 Å². The Balaban J connectivity index is 1.77. The van der Waals surface area contributed by atoms with Crippen LogP contribution in [0.3, 0.4) is 0 Å². The highest BCUT2D eigenvalue weighted by atomic mass is 35.5. The summed E-state index contributed by atoms with van der Waals surface area (Å²) in [5, 5.41) is 12.2. The number of nitro groups is 1. The average molecular weight is 397 g/mol. The lowest BCUT2D eigenvalue weighted by Gasteiger charge is -2.51. The van der Waals surface area contributed by atoms with Gasteiger partial charge in [0.2, 0.25) is 0 Å². The number of nitrogens with zero attached hydrogens (tertiary/aromatic N) is 2. The molecule has 0 amide bonds. The number of para-hydroxylation sites is 1. The number of anilines is 1. The minimum atomic E-state index is -0.754. The van der Waals surface area contributed by atoms with Crippen molar-refractivity contribution in [3.63, 3.8) is 0 Å². The Morgan fingerprint density at radius 3 is 2.11 bits per heavy atom. The third-order valence-corrected chi connectivity index (χ3v) is 6.35. The van der Waals surface area contributed by atoms with Crippen LogP contribution in [0, 0.1) is 10.1 Å². The van der Waals surface area contributed by atoms with Crippen molar-refractivity contribution in [1.82, 2.24) is 0 Å². The number of benzene rings is 3. The maximum absolute atomic E-state index is 12.0. The molecule has 1 heterocycles. The Kier molecular flexibility index (Phi) is 5.05. The van der Waals surface area contributed by atoms with Gasteiger partial charge in [0.1, 0.15) is 6.04 Å². The number of halogens is 1. The summed E-state index contributed by atoms with van der Waals surface area (Å²) in [7, 11) is 0. The van der Waals surface area contributed by atoms with E-state index in [1.807, 2.05) is 78.9 Å². The summed E-state index contributed by atoms with van der Waals surface area (Å²) in [6.45, 7) is 0. The minimum Gasteiger partial charge on any atom is -0.339 e. The number of hydrogen-bond acceptors (Lipinski definition) is 4. The molecular formula is C21H17ClN2O2S. The summed E-state index contributed by atoms with van der Waals surface area (Å²) in [5.41, 5.74) is 1.74. The zero-order valence-electron chi connectivity index (χ0n) is 14.3. The lowest BCUT2D eigenvalue weighted by molar-refractivity contribution is -0.537. The summed E-state index contributed by atoms with van der Waals surface area (Å²) in [6, 6.07) is 25.8. The molecule has 0 bridgehead atoms. The van der Waals surface area contributed by atoms with Crippen LogP contribution < -0.4 is 4.90 Å². The number of thioether (sulfide) groups is 1. The van der Waals surface area contributed by atoms with Crippen LogP contribution in [-0.2, 0) is 0 Å². The molecule has 3 aromatic carbocycles. The molecule has 0 radical (unpaired) electrons. The molecule has 0 unspecified atom stereocenters. The number of hydrogen-bond donors (Lipinski definition) is 0. The van der Waals surface area contributed by atoms with Crippen LogP contribution >= 0.6 is 23.4 Å². The topological polar surface area (TPSA) is 46.4 Å². The van der Waals surface area contributed by atoms with E-state index in [0.29, 0.717) is 5.02 Å². The molecule has 0 aromatic heterocycles. The average Bonchev–Trinajstić information content (AvgIpc) is 2.67. The zero-order valence-corrected chi connectivity index (χ0v) is 15.9. The summed E-state index contributed by atoms with van der Waals surface area (Å²) in [4.78, 5) is 14.9. The third-order valence-electron chi connectivity index (χ3n) is 4.71. The summed E-state index contributed by atoms with van der Waals surface area (Å²) in [6.07, 6.45) is 0. The molecule has 3 aromatic rings. The summed E-state index contributed by atoms with van der Waals surface area (Å²) in [5.74, 6) is 0. The Bertz CT molecular complexity index is 939. The lowest BCUT2D eigenvalue weighted by atomic mass is 9.88. The normalized spacial score (nSPS) is 21.5. The monoisotopic (exact) mass is 396 g/mol. The van der Waals surface area contributed by atoms with Gasteiger partial charge < -0.3 is 4.90 Å². The first-order valence-electron chi connectivity index (χ1n) is 8.60. The molecule has 3 atom stereocenters. The quantitative estimate of drug-likeness (QED) is 0.412. The molecule has 4 nitrogen and oxygen atoms in total. The van der Waals surface area contributed by atoms with Crippen LogP contribution in [0.25, 0.3) is 0 Å². The highest BCUT2D eigenvalue weighted by Gasteiger charge is 2.58. The van der Waals surface area contributed by atoms with Crippen LogP contribution in [-0.4, -0.2) is 16.3 Å². The molecule has 1 fully saturated rings. The first kappa shape index (κ1) is 17.9. The van der Waals surface area contributed by atoms with Gasteiger partial charge in [0.15, 0.2) is 5.37 Å². The van der Waals surface area contributed by atoms with E-state index in [1.165, 1.54) is 11.8 Å². The molecule has 0 spiro atoms. The highest BCUT2D eigenvalue weighted by Crippen LogP contribution is 2.51. The predicted octanol–water partition coefficient (Wildman–Crippen LogP) is 5.67. The van der Waals surface area contributed by atoms with Gasteiger partial charge in [-0.2, -0.15) is 0 Å². The van der Waals surface area contributed by atoms with Crippen molar-refractivity contribution >= 4 is 29.1 Å². The standard InChI is InChI=1S/C21H17ClN2O2S/c22-18-14-8-7-13-17(18)19-20(24(25)26)21(27-16-11-5-2-6-12-16)23(19)15-9-3-1-4-10-15/h1-14,19-21H/t19-,20-,21+/m1/s1. The van der Waals surface area contributed by atoms with Crippen LogP contribution in [0.5, 0.6) is 0 Å². The number of rotatable bonds is 5. The second-order valence-corrected chi connectivity index (χ2v) is 7.90. The van der Waals surface area contributed by atoms with Crippen molar-refractivity contribution in [1.29, 1.82) is 0 Å². The van der Waals surface area contributed by atoms with Gasteiger partial charge in [-0.25, -0.2) is 0 Å². The third kappa shape index (κ3) is 3.40. The van der Waals surface area contributed by atoms with Crippen molar-refractivity contribution in [2.24, 2.45) is 0 Å². The largest absolute Gasteiger partial charge is 0.339 e. The van der Waals surface area contributed by atoms with E-state index < -0.39 is 12.1 Å². The SMILES string of the molecule is O=[N+]([O-])[C@@H]1[C@@H](c2ccccc2Cl)N(c2ccccc2)[C@H]1Sc1ccccc1. The molecule has 1 aliphatic rings. The summed E-state index contributed by atoms with van der Waals surface area (Å²) >= 11 is 7.92. The van der Waals surface area contributed by atoms with Gasteiger partial charge in [-0.05, 0) is 30.3 Å². The molecule has 4 rings (SSSR count). The smallest absolute Gasteiger partial charge is 0.266 e. The second-order valence-electron chi connectivity index (χ2n) is 6.31. The highest BCUT2D eigenvalue weighted by molar-refractivity contribution is 8.00. The first-order chi connectivity index (χ1) is 13.2. The van der Waals surface area contributed by atoms with E-state index in [9.17, 15) is 10.1 Å². The van der Waals surface area contributed by atoms with Gasteiger partial charge in [0, 0.05) is 26.1 Å². The van der Waals surface area contributed by atoms with Gasteiger partial charge in [0.05, 0.1) is 0 Å². The van der Waals surface area contributed by atoms with Gasteiger partial charge in [0.25, 0.3) is 6.04 Å². The fraction of sp³-hybridized carbons (Fsp3) is 0.143. The molecule has 0 aliphatic carbocycles. The van der Waals surface area contributed by atoms with E-state index in [-0.39, 0.29) is 10.3 Å². The van der Waals surface area contributed by atoms with E-state index >= 15 is 0 Å². The van der Waals surface area contributed by atoms with Crippen LogP contribution in [0.1, 0.15) is 11.6 Å². The fourth-order valence-electron chi connectivity index (χ4n) is 3.48. The molecule has 1 aliphatic heterocycles. The van der Waals surface area contributed by atoms with Gasteiger partial charge in [-0.15, -0.1) is 0 Å². The Morgan fingerprint density at radius 1 is 0.889 bits per heavy atom. The first-order valence-corrected chi connectivity index (χ1v) is 9.85. The summed E-state index contributed by atoms with van der Waals surface area (Å²) < 4.78 is 0. The molecule has 27 heavy (non-hydrogen) atoms. The van der Waals surface area contributed by atoms with Crippen molar-refractivity contribution in [3.05, 3.63) is 106 Å². The van der Waals surface area contributed by atoms with E-state index in [1.54, 1.807) is 6.07 Å². The van der Waals surface area contributed by atoms with Crippen molar-refractivity contribution in [2.45, 2.75) is 22.4 Å². The van der Waals surface area contributed by atoms with E-state index in [2.05, 4.69) is 4.90 Å². The molecule has 136 valence electrons. The zero-order chi connectivity index (χ0) is 18.8. The van der Waals surface area contributed by atoms with Gasteiger partial charge >= 0.3 is 0 Å². The molecule has 0 N–H and O–H groups in total. The minimum absolute atomic E-state index is 0.173. The van der Waals surface area contributed by atoms with Crippen LogP contribution in [0.2, 0.25) is 5.02 Å². The van der Waals surface area contributed by atoms with E-state index in [4.69, 9.17) is 11.6 Å². The maximum Gasteiger partial charge on any atom is 0.266 e. The van der Waals surface area contributed by atoms with Crippen LogP contribution in [0.15, 0.2) is 89.8 Å². The molecular weight excluding hydrogens is 380 g/mol. The van der Waals surface area contributed by atoms with Crippen molar-refractivity contribution < 1.29 is 4.92 Å². The molecule has 6 heteroatoms. The molecule has 0 saturated carbocycles. The second kappa shape index (κ2) is 7.62.